The average Bonchev–Trinajstić information content (AvgIpc) is 3.44. The molecule has 2 aliphatic rings. The van der Waals surface area contributed by atoms with Crippen LogP contribution in [-0.4, -0.2) is 73.1 Å². The SMILES string of the molecule is Cc1nc(C)n(-c2cc(N3CCN(C(=O)N4N=CCC4c4cc(F)cc(F)c4)CC3)ncn2)n1. The molecule has 0 N–H and O–H groups in total. The van der Waals surface area contributed by atoms with E-state index in [9.17, 15) is 13.6 Å². The molecule has 1 saturated heterocycles. The van der Waals surface area contributed by atoms with E-state index in [1.54, 1.807) is 15.8 Å². The second-order valence-electron chi connectivity index (χ2n) is 8.21. The minimum absolute atomic E-state index is 0.292. The highest BCUT2D eigenvalue weighted by atomic mass is 19.1. The van der Waals surface area contributed by atoms with Crippen LogP contribution in [0.1, 0.15) is 29.7 Å². The molecule has 176 valence electrons. The smallest absolute Gasteiger partial charge is 0.341 e. The molecule has 0 bridgehead atoms. The van der Waals surface area contributed by atoms with Crippen LogP contribution in [0, 0.1) is 25.5 Å². The summed E-state index contributed by atoms with van der Waals surface area (Å²) < 4.78 is 29.1. The van der Waals surface area contributed by atoms with Crippen molar-refractivity contribution in [3.05, 3.63) is 59.4 Å². The summed E-state index contributed by atoms with van der Waals surface area (Å²) in [4.78, 5) is 29.9. The Labute approximate surface area is 194 Å². The number of hydrogen-bond donors (Lipinski definition) is 0. The number of hydrazone groups is 1. The van der Waals surface area contributed by atoms with E-state index in [1.165, 1.54) is 23.5 Å². The summed E-state index contributed by atoms with van der Waals surface area (Å²) in [5.41, 5.74) is 0.383. The Kier molecular flexibility index (Phi) is 5.64. The van der Waals surface area contributed by atoms with Crippen molar-refractivity contribution in [3.63, 3.8) is 0 Å². The molecule has 12 heteroatoms. The van der Waals surface area contributed by atoms with Gasteiger partial charge in [-0.2, -0.15) is 9.78 Å². The number of amides is 2. The van der Waals surface area contributed by atoms with E-state index in [2.05, 4.69) is 30.1 Å². The molecule has 5 rings (SSSR count). The molecule has 1 aromatic carbocycles. The van der Waals surface area contributed by atoms with Gasteiger partial charge in [0.2, 0.25) is 0 Å². The number of benzene rings is 1. The number of anilines is 1. The van der Waals surface area contributed by atoms with Gasteiger partial charge in [-0.1, -0.05) is 0 Å². The Hall–Kier alpha value is -3.96. The fraction of sp³-hybridized carbons (Fsp3) is 0.364. The van der Waals surface area contributed by atoms with Crippen LogP contribution in [0.25, 0.3) is 5.82 Å². The number of aromatic nitrogens is 5. The van der Waals surface area contributed by atoms with Gasteiger partial charge in [0.05, 0.1) is 6.04 Å². The van der Waals surface area contributed by atoms with E-state index >= 15 is 0 Å². The maximum atomic E-state index is 13.7. The third-order valence-electron chi connectivity index (χ3n) is 5.90. The molecule has 2 amide bonds. The molecule has 0 saturated carbocycles. The lowest BCUT2D eigenvalue weighted by Crippen LogP contribution is -2.52. The third kappa shape index (κ3) is 4.18. The fourth-order valence-electron chi connectivity index (χ4n) is 4.28. The highest BCUT2D eigenvalue weighted by molar-refractivity contribution is 5.78. The number of piperazine rings is 1. The largest absolute Gasteiger partial charge is 0.353 e. The number of rotatable bonds is 3. The summed E-state index contributed by atoms with van der Waals surface area (Å²) in [6, 6.07) is 4.32. The summed E-state index contributed by atoms with van der Waals surface area (Å²) in [6.07, 6.45) is 3.48. The quantitative estimate of drug-likeness (QED) is 0.588. The zero-order valence-corrected chi connectivity index (χ0v) is 18.8. The minimum Gasteiger partial charge on any atom is -0.353 e. The molecule has 1 fully saturated rings. The standard InChI is InChI=1S/C22H23F2N9O/c1-14-28-15(2)32(29-14)21-12-20(25-13-26-21)30-5-7-31(8-6-30)22(34)33-19(3-4-27-33)16-9-17(23)11-18(24)10-16/h4,9-13,19H,3,5-8H2,1-2H3. The molecular formula is C22H23F2N9O. The maximum Gasteiger partial charge on any atom is 0.341 e. The van der Waals surface area contributed by atoms with Gasteiger partial charge in [0.1, 0.15) is 35.4 Å². The van der Waals surface area contributed by atoms with Crippen LogP contribution >= 0.6 is 0 Å². The van der Waals surface area contributed by atoms with Crippen LogP contribution in [0.5, 0.6) is 0 Å². The molecule has 34 heavy (non-hydrogen) atoms. The van der Waals surface area contributed by atoms with Gasteiger partial charge in [0.15, 0.2) is 5.82 Å². The van der Waals surface area contributed by atoms with Crippen molar-refractivity contribution >= 4 is 18.1 Å². The van der Waals surface area contributed by atoms with E-state index in [0.717, 1.165) is 17.7 Å². The summed E-state index contributed by atoms with van der Waals surface area (Å²) in [6.45, 7) is 5.72. The van der Waals surface area contributed by atoms with Crippen LogP contribution < -0.4 is 4.90 Å². The van der Waals surface area contributed by atoms with Crippen molar-refractivity contribution in [2.75, 3.05) is 31.1 Å². The van der Waals surface area contributed by atoms with Crippen molar-refractivity contribution in [1.82, 2.24) is 34.6 Å². The van der Waals surface area contributed by atoms with E-state index in [1.807, 2.05) is 19.9 Å². The number of aryl methyl sites for hydroxylation is 2. The topological polar surface area (TPSA) is 95.6 Å². The van der Waals surface area contributed by atoms with Gasteiger partial charge in [0, 0.05) is 50.9 Å². The molecule has 3 aromatic rings. The molecule has 1 atom stereocenters. The monoisotopic (exact) mass is 467 g/mol. The zero-order valence-electron chi connectivity index (χ0n) is 18.8. The second-order valence-corrected chi connectivity index (χ2v) is 8.21. The number of carbonyl (C=O) groups excluding carboxylic acids is 1. The van der Waals surface area contributed by atoms with E-state index in [0.29, 0.717) is 49.8 Å². The number of halogens is 2. The number of carbonyl (C=O) groups is 1. The Morgan fingerprint density at radius 2 is 1.68 bits per heavy atom. The van der Waals surface area contributed by atoms with Gasteiger partial charge in [-0.15, -0.1) is 5.10 Å². The van der Waals surface area contributed by atoms with Crippen LogP contribution in [0.3, 0.4) is 0 Å². The Bertz CT molecular complexity index is 1230. The van der Waals surface area contributed by atoms with E-state index in [4.69, 9.17) is 0 Å². The highest BCUT2D eigenvalue weighted by Gasteiger charge is 2.33. The molecule has 1 unspecified atom stereocenters. The van der Waals surface area contributed by atoms with Crippen LogP contribution in [0.4, 0.5) is 19.4 Å². The van der Waals surface area contributed by atoms with Gasteiger partial charge in [0.25, 0.3) is 0 Å². The predicted molar refractivity (Wildman–Crippen MR) is 120 cm³/mol. The lowest BCUT2D eigenvalue weighted by molar-refractivity contribution is 0.139. The molecule has 2 aromatic heterocycles. The summed E-state index contributed by atoms with van der Waals surface area (Å²) >= 11 is 0. The second kappa shape index (κ2) is 8.76. The molecule has 2 aliphatic heterocycles. The summed E-state index contributed by atoms with van der Waals surface area (Å²) in [7, 11) is 0. The molecule has 0 spiro atoms. The number of hydrogen-bond acceptors (Lipinski definition) is 7. The van der Waals surface area contributed by atoms with Gasteiger partial charge in [-0.05, 0) is 31.5 Å². The van der Waals surface area contributed by atoms with E-state index < -0.39 is 17.7 Å². The van der Waals surface area contributed by atoms with Gasteiger partial charge < -0.3 is 9.80 Å². The molecule has 0 aliphatic carbocycles. The Morgan fingerprint density at radius 1 is 0.971 bits per heavy atom. The highest BCUT2D eigenvalue weighted by Crippen LogP contribution is 2.30. The average molecular weight is 467 g/mol. The Balaban J connectivity index is 1.26. The summed E-state index contributed by atoms with van der Waals surface area (Å²) in [5.74, 6) is 1.40. The third-order valence-corrected chi connectivity index (χ3v) is 5.90. The van der Waals surface area contributed by atoms with Gasteiger partial charge in [-0.25, -0.2) is 33.5 Å². The van der Waals surface area contributed by atoms with Crippen LogP contribution in [-0.2, 0) is 0 Å². The maximum absolute atomic E-state index is 13.7. The van der Waals surface area contributed by atoms with Crippen molar-refractivity contribution in [3.8, 4) is 5.82 Å². The van der Waals surface area contributed by atoms with Crippen molar-refractivity contribution in [1.29, 1.82) is 0 Å². The molecule has 0 radical (unpaired) electrons. The first-order valence-corrected chi connectivity index (χ1v) is 10.9. The van der Waals surface area contributed by atoms with Crippen LogP contribution in [0.15, 0.2) is 35.7 Å². The van der Waals surface area contributed by atoms with Crippen molar-refractivity contribution in [2.45, 2.75) is 26.3 Å². The number of nitrogens with zero attached hydrogens (tertiary/aromatic N) is 9. The molecule has 10 nitrogen and oxygen atoms in total. The lowest BCUT2D eigenvalue weighted by Gasteiger charge is -2.37. The van der Waals surface area contributed by atoms with Gasteiger partial charge >= 0.3 is 6.03 Å². The van der Waals surface area contributed by atoms with Gasteiger partial charge in [-0.3, -0.25) is 0 Å². The van der Waals surface area contributed by atoms with E-state index in [-0.39, 0.29) is 6.03 Å². The van der Waals surface area contributed by atoms with Crippen LogP contribution in [0.2, 0.25) is 0 Å². The first-order chi connectivity index (χ1) is 16.4. The zero-order chi connectivity index (χ0) is 23.8. The predicted octanol–water partition coefficient (Wildman–Crippen LogP) is 2.63. The number of urea groups is 1. The van der Waals surface area contributed by atoms with Crippen molar-refractivity contribution < 1.29 is 13.6 Å². The van der Waals surface area contributed by atoms with Crippen molar-refractivity contribution in [2.24, 2.45) is 5.10 Å². The molecule has 4 heterocycles. The molecular weight excluding hydrogens is 444 g/mol. The summed E-state index contributed by atoms with van der Waals surface area (Å²) in [5, 5.41) is 9.86. The Morgan fingerprint density at radius 3 is 2.35 bits per heavy atom. The minimum atomic E-state index is -0.677. The first kappa shape index (κ1) is 21.9. The lowest BCUT2D eigenvalue weighted by atomic mass is 10.0. The normalized spacial score (nSPS) is 18.1. The first-order valence-electron chi connectivity index (χ1n) is 10.9. The fourth-order valence-corrected chi connectivity index (χ4v) is 4.28.